The molecule has 0 aromatic heterocycles. The maximum atomic E-state index is 11.0. The highest BCUT2D eigenvalue weighted by atomic mass is 16.6. The number of carboxylic acid groups (broad SMARTS) is 1. The van der Waals surface area contributed by atoms with Crippen LogP contribution in [0.3, 0.4) is 0 Å². The van der Waals surface area contributed by atoms with Gasteiger partial charge in [0.25, 0.3) is 5.69 Å². The van der Waals surface area contributed by atoms with Crippen molar-refractivity contribution in [2.24, 2.45) is 5.73 Å². The van der Waals surface area contributed by atoms with Crippen LogP contribution in [-0.2, 0) is 4.79 Å². The minimum Gasteiger partial charge on any atom is -0.480 e. The number of nitrogens with two attached hydrogens (primary N) is 1. The molecule has 1 aromatic rings. The number of anilines is 1. The van der Waals surface area contributed by atoms with E-state index in [1.165, 1.54) is 19.9 Å². The van der Waals surface area contributed by atoms with E-state index in [1.54, 1.807) is 0 Å². The second kappa shape index (κ2) is 4.92. The molecule has 0 unspecified atom stereocenters. The molecule has 0 saturated heterocycles. The third kappa shape index (κ3) is 3.18. The number of hydrogen-bond acceptors (Lipinski definition) is 5. The molecule has 4 N–H and O–H groups in total. The third-order valence-corrected chi connectivity index (χ3v) is 2.46. The van der Waals surface area contributed by atoms with Crippen molar-refractivity contribution in [2.75, 3.05) is 5.32 Å². The SMILES string of the molecule is CC(C)(Nc1cc(C(N)=O)ccc1[N+](=O)[O-])C(=O)O. The van der Waals surface area contributed by atoms with E-state index in [1.807, 2.05) is 0 Å². The Balaban J connectivity index is 3.29. The Kier molecular flexibility index (Phi) is 3.74. The van der Waals surface area contributed by atoms with Crippen molar-refractivity contribution in [3.05, 3.63) is 33.9 Å². The fraction of sp³-hybridized carbons (Fsp3) is 0.273. The summed E-state index contributed by atoms with van der Waals surface area (Å²) in [7, 11) is 0. The Bertz CT molecular complexity index is 553. The van der Waals surface area contributed by atoms with E-state index in [0.29, 0.717) is 0 Å². The van der Waals surface area contributed by atoms with Gasteiger partial charge in [0.2, 0.25) is 5.91 Å². The van der Waals surface area contributed by atoms with Crippen LogP contribution in [0.25, 0.3) is 0 Å². The van der Waals surface area contributed by atoms with Gasteiger partial charge in [-0.05, 0) is 26.0 Å². The number of benzene rings is 1. The number of aliphatic carboxylic acids is 1. The smallest absolute Gasteiger partial charge is 0.328 e. The average Bonchev–Trinajstić information content (AvgIpc) is 2.27. The van der Waals surface area contributed by atoms with Crippen LogP contribution in [0.15, 0.2) is 18.2 Å². The molecule has 0 fully saturated rings. The Morgan fingerprint density at radius 3 is 2.42 bits per heavy atom. The first-order chi connectivity index (χ1) is 8.65. The van der Waals surface area contributed by atoms with Crippen molar-refractivity contribution in [3.8, 4) is 0 Å². The molecule has 0 aliphatic rings. The zero-order valence-corrected chi connectivity index (χ0v) is 10.3. The molecule has 0 heterocycles. The minimum atomic E-state index is -1.43. The number of nitro groups is 1. The minimum absolute atomic E-state index is 0.0503. The Hall–Kier alpha value is -2.64. The molecule has 0 atom stereocenters. The molecule has 0 aliphatic heterocycles. The fourth-order valence-corrected chi connectivity index (χ4v) is 1.34. The highest BCUT2D eigenvalue weighted by Crippen LogP contribution is 2.28. The predicted molar refractivity (Wildman–Crippen MR) is 67.0 cm³/mol. The van der Waals surface area contributed by atoms with Crippen LogP contribution < -0.4 is 11.1 Å². The van der Waals surface area contributed by atoms with Crippen LogP contribution in [0.4, 0.5) is 11.4 Å². The second-order valence-corrected chi connectivity index (χ2v) is 4.41. The lowest BCUT2D eigenvalue weighted by molar-refractivity contribution is -0.384. The van der Waals surface area contributed by atoms with Crippen molar-refractivity contribution in [1.82, 2.24) is 0 Å². The van der Waals surface area contributed by atoms with Gasteiger partial charge >= 0.3 is 5.97 Å². The number of carbonyl (C=O) groups excluding carboxylic acids is 1. The summed E-state index contributed by atoms with van der Waals surface area (Å²) < 4.78 is 0. The van der Waals surface area contributed by atoms with Crippen molar-refractivity contribution < 1.29 is 19.6 Å². The lowest BCUT2D eigenvalue weighted by Gasteiger charge is -2.22. The van der Waals surface area contributed by atoms with Crippen LogP contribution >= 0.6 is 0 Å². The average molecular weight is 267 g/mol. The first kappa shape index (κ1) is 14.4. The van der Waals surface area contributed by atoms with Crippen LogP contribution in [0.5, 0.6) is 0 Å². The van der Waals surface area contributed by atoms with Gasteiger partial charge in [0.15, 0.2) is 0 Å². The van der Waals surface area contributed by atoms with E-state index in [4.69, 9.17) is 10.8 Å². The Morgan fingerprint density at radius 2 is 2.00 bits per heavy atom. The van der Waals surface area contributed by atoms with E-state index in [-0.39, 0.29) is 16.9 Å². The largest absolute Gasteiger partial charge is 0.480 e. The molecule has 8 nitrogen and oxygen atoms in total. The molecule has 1 amide bonds. The van der Waals surface area contributed by atoms with Crippen LogP contribution in [0.1, 0.15) is 24.2 Å². The molecule has 0 spiro atoms. The molecule has 1 rings (SSSR count). The lowest BCUT2D eigenvalue weighted by atomic mass is 10.0. The van der Waals surface area contributed by atoms with Gasteiger partial charge in [-0.2, -0.15) is 0 Å². The van der Waals surface area contributed by atoms with Crippen molar-refractivity contribution in [3.63, 3.8) is 0 Å². The lowest BCUT2D eigenvalue weighted by Crippen LogP contribution is -2.40. The number of carboxylic acids is 1. The maximum Gasteiger partial charge on any atom is 0.328 e. The molecule has 1 aromatic carbocycles. The first-order valence-corrected chi connectivity index (χ1v) is 5.25. The number of amides is 1. The van der Waals surface area contributed by atoms with Gasteiger partial charge in [0, 0.05) is 11.6 Å². The Labute approximate surface area is 108 Å². The van der Waals surface area contributed by atoms with Crippen molar-refractivity contribution in [1.29, 1.82) is 0 Å². The molecular formula is C11H13N3O5. The van der Waals surface area contributed by atoms with Gasteiger partial charge in [-0.25, -0.2) is 4.79 Å². The van der Waals surface area contributed by atoms with Crippen molar-refractivity contribution in [2.45, 2.75) is 19.4 Å². The van der Waals surface area contributed by atoms with E-state index < -0.39 is 22.3 Å². The predicted octanol–water partition coefficient (Wildman–Crippen LogP) is 0.969. The van der Waals surface area contributed by atoms with E-state index >= 15 is 0 Å². The molecule has 102 valence electrons. The summed E-state index contributed by atoms with van der Waals surface area (Å²) in [6.45, 7) is 2.69. The standard InChI is InChI=1S/C11H13N3O5/c1-11(2,10(16)17)13-7-5-6(9(12)15)3-4-8(7)14(18)19/h3-5,13H,1-2H3,(H2,12,15)(H,16,17). The number of hydrogen-bond donors (Lipinski definition) is 3. The summed E-state index contributed by atoms with van der Waals surface area (Å²) >= 11 is 0. The van der Waals surface area contributed by atoms with E-state index in [9.17, 15) is 19.7 Å². The van der Waals surface area contributed by atoms with Gasteiger partial charge in [0.1, 0.15) is 11.2 Å². The monoisotopic (exact) mass is 267 g/mol. The van der Waals surface area contributed by atoms with Gasteiger partial charge in [0.05, 0.1) is 4.92 Å². The molecular weight excluding hydrogens is 254 g/mol. The summed E-state index contributed by atoms with van der Waals surface area (Å²) in [5.74, 6) is -1.95. The van der Waals surface area contributed by atoms with Crippen LogP contribution in [-0.4, -0.2) is 27.4 Å². The second-order valence-electron chi connectivity index (χ2n) is 4.41. The number of carbonyl (C=O) groups is 2. The number of primary amides is 1. The molecule has 0 aliphatic carbocycles. The summed E-state index contributed by atoms with van der Waals surface area (Å²) in [6, 6.07) is 3.46. The number of nitro benzene ring substituents is 1. The highest BCUT2D eigenvalue weighted by molar-refractivity contribution is 5.95. The van der Waals surface area contributed by atoms with Gasteiger partial charge in [-0.1, -0.05) is 0 Å². The number of nitrogens with one attached hydrogen (secondary N) is 1. The van der Waals surface area contributed by atoms with Crippen molar-refractivity contribution >= 4 is 23.3 Å². The summed E-state index contributed by atoms with van der Waals surface area (Å²) in [5.41, 5.74) is 3.29. The molecule has 0 saturated carbocycles. The maximum absolute atomic E-state index is 11.0. The number of rotatable bonds is 5. The zero-order chi connectivity index (χ0) is 14.8. The Morgan fingerprint density at radius 1 is 1.42 bits per heavy atom. The van der Waals surface area contributed by atoms with Gasteiger partial charge < -0.3 is 16.2 Å². The quantitative estimate of drug-likeness (QED) is 0.537. The summed E-state index contributed by atoms with van der Waals surface area (Å²) in [4.78, 5) is 32.2. The summed E-state index contributed by atoms with van der Waals surface area (Å²) in [6.07, 6.45) is 0. The van der Waals surface area contributed by atoms with Gasteiger partial charge in [-0.3, -0.25) is 14.9 Å². The van der Waals surface area contributed by atoms with Gasteiger partial charge in [-0.15, -0.1) is 0 Å². The molecule has 8 heteroatoms. The van der Waals surface area contributed by atoms with Crippen LogP contribution in [0.2, 0.25) is 0 Å². The highest BCUT2D eigenvalue weighted by Gasteiger charge is 2.29. The van der Waals surface area contributed by atoms with E-state index in [2.05, 4.69) is 5.32 Å². The summed E-state index contributed by atoms with van der Waals surface area (Å²) in [5, 5.41) is 22.4. The fourth-order valence-electron chi connectivity index (χ4n) is 1.34. The molecule has 19 heavy (non-hydrogen) atoms. The number of nitrogens with zero attached hydrogens (tertiary/aromatic N) is 1. The molecule has 0 bridgehead atoms. The van der Waals surface area contributed by atoms with E-state index in [0.717, 1.165) is 12.1 Å². The first-order valence-electron chi connectivity index (χ1n) is 5.25. The zero-order valence-electron chi connectivity index (χ0n) is 10.3. The normalized spacial score (nSPS) is 10.8. The molecule has 0 radical (unpaired) electrons. The third-order valence-electron chi connectivity index (χ3n) is 2.46. The topological polar surface area (TPSA) is 136 Å². The van der Waals surface area contributed by atoms with Crippen LogP contribution in [0, 0.1) is 10.1 Å².